The summed E-state index contributed by atoms with van der Waals surface area (Å²) >= 11 is 0. The first kappa shape index (κ1) is 17.7. The summed E-state index contributed by atoms with van der Waals surface area (Å²) in [6.45, 7) is 1.94. The minimum Gasteiger partial charge on any atom is -0.326 e. The van der Waals surface area contributed by atoms with E-state index in [2.05, 4.69) is 16.0 Å². The van der Waals surface area contributed by atoms with E-state index in [1.807, 2.05) is 6.92 Å². The Labute approximate surface area is 152 Å². The highest BCUT2D eigenvalue weighted by atomic mass is 16.2. The van der Waals surface area contributed by atoms with Gasteiger partial charge in [0.1, 0.15) is 0 Å². The van der Waals surface area contributed by atoms with Gasteiger partial charge in [0, 0.05) is 35.5 Å². The third-order valence-corrected chi connectivity index (χ3v) is 4.14. The first-order valence-corrected chi connectivity index (χ1v) is 8.69. The molecule has 2 aromatic carbocycles. The molecule has 3 N–H and O–H groups in total. The molecule has 0 aliphatic carbocycles. The smallest absolute Gasteiger partial charge is 0.255 e. The van der Waals surface area contributed by atoms with Gasteiger partial charge in [-0.3, -0.25) is 14.4 Å². The summed E-state index contributed by atoms with van der Waals surface area (Å²) in [5.74, 6) is -0.286. The van der Waals surface area contributed by atoms with Crippen LogP contribution in [0.25, 0.3) is 0 Å². The topological polar surface area (TPSA) is 87.3 Å². The zero-order valence-corrected chi connectivity index (χ0v) is 14.6. The number of amides is 3. The molecule has 0 radical (unpaired) electrons. The molecule has 0 aromatic heterocycles. The number of fused-ring (bicyclic) bond motifs is 1. The van der Waals surface area contributed by atoms with Crippen molar-refractivity contribution in [1.29, 1.82) is 0 Å². The maximum atomic E-state index is 12.5. The molecule has 2 aromatic rings. The summed E-state index contributed by atoms with van der Waals surface area (Å²) in [6, 6.07) is 12.3. The van der Waals surface area contributed by atoms with E-state index in [-0.39, 0.29) is 17.7 Å². The minimum atomic E-state index is -0.235. The van der Waals surface area contributed by atoms with Crippen molar-refractivity contribution in [3.05, 3.63) is 53.6 Å². The van der Waals surface area contributed by atoms with Crippen LogP contribution in [-0.4, -0.2) is 17.7 Å². The van der Waals surface area contributed by atoms with Crippen LogP contribution in [0.2, 0.25) is 0 Å². The Kier molecular flexibility index (Phi) is 5.31. The Morgan fingerprint density at radius 3 is 2.58 bits per heavy atom. The second kappa shape index (κ2) is 7.82. The predicted molar refractivity (Wildman–Crippen MR) is 101 cm³/mol. The van der Waals surface area contributed by atoms with Gasteiger partial charge in [-0.25, -0.2) is 0 Å². The van der Waals surface area contributed by atoms with E-state index < -0.39 is 0 Å². The molecule has 3 rings (SSSR count). The number of benzene rings is 2. The number of aryl methyl sites for hydroxylation is 1. The number of nitrogens with one attached hydrogen (secondary N) is 3. The normalized spacial score (nSPS) is 12.7. The van der Waals surface area contributed by atoms with Gasteiger partial charge >= 0.3 is 0 Å². The van der Waals surface area contributed by atoms with Gasteiger partial charge in [0.15, 0.2) is 0 Å². The zero-order valence-electron chi connectivity index (χ0n) is 14.6. The number of hydrogen-bond acceptors (Lipinski definition) is 3. The van der Waals surface area contributed by atoms with Crippen molar-refractivity contribution in [3.63, 3.8) is 0 Å². The van der Waals surface area contributed by atoms with Crippen LogP contribution < -0.4 is 16.0 Å². The van der Waals surface area contributed by atoms with Crippen molar-refractivity contribution in [1.82, 2.24) is 0 Å². The number of carbonyl (C=O) groups excluding carboxylic acids is 3. The van der Waals surface area contributed by atoms with E-state index in [0.29, 0.717) is 36.2 Å². The van der Waals surface area contributed by atoms with E-state index in [9.17, 15) is 14.4 Å². The number of hydrogen-bond donors (Lipinski definition) is 3. The molecule has 0 spiro atoms. The van der Waals surface area contributed by atoms with Crippen LogP contribution in [-0.2, 0) is 16.0 Å². The first-order chi connectivity index (χ1) is 12.5. The van der Waals surface area contributed by atoms with Crippen molar-refractivity contribution in [3.8, 4) is 0 Å². The highest BCUT2D eigenvalue weighted by molar-refractivity contribution is 6.05. The molecular weight excluding hydrogens is 330 g/mol. The number of carbonyl (C=O) groups is 3. The SMILES string of the molecule is CCCC(=O)Nc1cccc(NC(=O)c2ccc3c(c2)CCC(=O)N3)c1. The lowest BCUT2D eigenvalue weighted by Crippen LogP contribution is -2.20. The molecule has 0 bridgehead atoms. The minimum absolute atomic E-state index is 0.00311. The van der Waals surface area contributed by atoms with Gasteiger partial charge in [-0.15, -0.1) is 0 Å². The monoisotopic (exact) mass is 351 g/mol. The van der Waals surface area contributed by atoms with Gasteiger partial charge in [0.25, 0.3) is 5.91 Å². The van der Waals surface area contributed by atoms with Crippen LogP contribution in [0.15, 0.2) is 42.5 Å². The molecule has 134 valence electrons. The molecule has 26 heavy (non-hydrogen) atoms. The largest absolute Gasteiger partial charge is 0.326 e. The lowest BCUT2D eigenvalue weighted by molar-refractivity contribution is -0.117. The molecule has 0 fully saturated rings. The fraction of sp³-hybridized carbons (Fsp3) is 0.250. The van der Waals surface area contributed by atoms with Gasteiger partial charge in [0.05, 0.1) is 0 Å². The van der Waals surface area contributed by atoms with Crippen molar-refractivity contribution < 1.29 is 14.4 Å². The molecule has 1 heterocycles. The lowest BCUT2D eigenvalue weighted by atomic mass is 10.00. The quantitative estimate of drug-likeness (QED) is 0.770. The maximum absolute atomic E-state index is 12.5. The van der Waals surface area contributed by atoms with Crippen molar-refractivity contribution in [2.75, 3.05) is 16.0 Å². The molecule has 6 nitrogen and oxygen atoms in total. The van der Waals surface area contributed by atoms with Gasteiger partial charge in [-0.05, 0) is 54.8 Å². The Bertz CT molecular complexity index is 861. The van der Waals surface area contributed by atoms with E-state index in [0.717, 1.165) is 17.7 Å². The first-order valence-electron chi connectivity index (χ1n) is 8.69. The average molecular weight is 351 g/mol. The fourth-order valence-electron chi connectivity index (χ4n) is 2.85. The van der Waals surface area contributed by atoms with Gasteiger partial charge < -0.3 is 16.0 Å². The fourth-order valence-corrected chi connectivity index (χ4v) is 2.85. The van der Waals surface area contributed by atoms with E-state index in [1.165, 1.54) is 0 Å². The van der Waals surface area contributed by atoms with Crippen molar-refractivity contribution in [2.45, 2.75) is 32.6 Å². The van der Waals surface area contributed by atoms with E-state index in [1.54, 1.807) is 42.5 Å². The highest BCUT2D eigenvalue weighted by Gasteiger charge is 2.16. The third-order valence-electron chi connectivity index (χ3n) is 4.14. The standard InChI is InChI=1S/C20H21N3O3/c1-2-4-18(24)21-15-5-3-6-16(12-15)22-20(26)14-7-9-17-13(11-14)8-10-19(25)23-17/h3,5-7,9,11-12H,2,4,8,10H2,1H3,(H,21,24)(H,22,26)(H,23,25). The summed E-state index contributed by atoms with van der Waals surface area (Å²) in [5, 5.41) is 8.45. The Morgan fingerprint density at radius 1 is 1.04 bits per heavy atom. The second-order valence-corrected chi connectivity index (χ2v) is 6.25. The molecule has 1 aliphatic heterocycles. The summed E-state index contributed by atoms with van der Waals surface area (Å²) in [7, 11) is 0. The third kappa shape index (κ3) is 4.27. The van der Waals surface area contributed by atoms with Crippen LogP contribution in [0.1, 0.15) is 42.1 Å². The maximum Gasteiger partial charge on any atom is 0.255 e. The van der Waals surface area contributed by atoms with Crippen molar-refractivity contribution in [2.24, 2.45) is 0 Å². The molecule has 0 unspecified atom stereocenters. The molecule has 0 saturated carbocycles. The summed E-state index contributed by atoms with van der Waals surface area (Å²) in [6.07, 6.45) is 2.29. The molecule has 0 saturated heterocycles. The number of anilines is 3. The van der Waals surface area contributed by atoms with Crippen LogP contribution in [0.5, 0.6) is 0 Å². The summed E-state index contributed by atoms with van der Waals surface area (Å²) in [4.78, 5) is 35.6. The summed E-state index contributed by atoms with van der Waals surface area (Å²) < 4.78 is 0. The Hall–Kier alpha value is -3.15. The molecule has 0 atom stereocenters. The van der Waals surface area contributed by atoms with E-state index >= 15 is 0 Å². The Morgan fingerprint density at radius 2 is 1.81 bits per heavy atom. The predicted octanol–water partition coefficient (Wildman–Crippen LogP) is 3.56. The number of rotatable bonds is 5. The molecule has 6 heteroatoms. The lowest BCUT2D eigenvalue weighted by Gasteiger charge is -2.17. The molecule has 3 amide bonds. The average Bonchev–Trinajstić information content (AvgIpc) is 2.61. The van der Waals surface area contributed by atoms with Gasteiger partial charge in [-0.1, -0.05) is 13.0 Å². The van der Waals surface area contributed by atoms with Crippen LogP contribution in [0.3, 0.4) is 0 Å². The zero-order chi connectivity index (χ0) is 18.5. The summed E-state index contributed by atoms with van der Waals surface area (Å²) in [5.41, 5.74) is 3.50. The highest BCUT2D eigenvalue weighted by Crippen LogP contribution is 2.24. The van der Waals surface area contributed by atoms with Crippen molar-refractivity contribution >= 4 is 34.8 Å². The molecule has 1 aliphatic rings. The van der Waals surface area contributed by atoms with Crippen LogP contribution in [0.4, 0.5) is 17.1 Å². The van der Waals surface area contributed by atoms with E-state index in [4.69, 9.17) is 0 Å². The van der Waals surface area contributed by atoms with Crippen LogP contribution in [0, 0.1) is 0 Å². The second-order valence-electron chi connectivity index (χ2n) is 6.25. The van der Waals surface area contributed by atoms with Gasteiger partial charge in [0.2, 0.25) is 11.8 Å². The van der Waals surface area contributed by atoms with Crippen LogP contribution >= 0.6 is 0 Å². The van der Waals surface area contributed by atoms with Gasteiger partial charge in [-0.2, -0.15) is 0 Å². The Balaban J connectivity index is 1.70. The molecular formula is C20H21N3O3.